The van der Waals surface area contributed by atoms with Crippen LogP contribution in [0.3, 0.4) is 0 Å². The molecule has 0 spiro atoms. The lowest BCUT2D eigenvalue weighted by Gasteiger charge is -2.15. The molecule has 3 N–H and O–H groups in total. The van der Waals surface area contributed by atoms with E-state index in [0.717, 1.165) is 12.8 Å². The summed E-state index contributed by atoms with van der Waals surface area (Å²) >= 11 is 0. The summed E-state index contributed by atoms with van der Waals surface area (Å²) in [4.78, 5) is 12.2. The van der Waals surface area contributed by atoms with Gasteiger partial charge in [-0.3, -0.25) is 4.79 Å². The first-order valence-corrected chi connectivity index (χ1v) is 6.84. The van der Waals surface area contributed by atoms with E-state index >= 15 is 0 Å². The molecular weight excluding hydrogens is 252 g/mol. The van der Waals surface area contributed by atoms with Crippen LogP contribution < -0.4 is 15.8 Å². The molecule has 0 aliphatic carbocycles. The van der Waals surface area contributed by atoms with Crippen molar-refractivity contribution in [1.82, 2.24) is 5.32 Å². The Balaban J connectivity index is 2.98. The highest BCUT2D eigenvalue weighted by atomic mass is 16.5. The van der Waals surface area contributed by atoms with Gasteiger partial charge in [0.25, 0.3) is 5.91 Å². The quantitative estimate of drug-likeness (QED) is 0.806. The van der Waals surface area contributed by atoms with Crippen molar-refractivity contribution in [2.24, 2.45) is 5.73 Å². The van der Waals surface area contributed by atoms with Crippen LogP contribution in [0.2, 0.25) is 0 Å². The normalized spacial score (nSPS) is 9.85. The maximum atomic E-state index is 12.2. The number of nitrogens with two attached hydrogens (primary N) is 1. The molecule has 1 aromatic rings. The zero-order valence-corrected chi connectivity index (χ0v) is 12.3. The number of carbonyl (C=O) groups excluding carboxylic acids is 1. The first-order valence-electron chi connectivity index (χ1n) is 6.84. The summed E-state index contributed by atoms with van der Waals surface area (Å²) in [5.41, 5.74) is 6.63. The molecular formula is C16H22N2O2. The van der Waals surface area contributed by atoms with Gasteiger partial charge in [0.15, 0.2) is 0 Å². The largest absolute Gasteiger partial charge is 0.495 e. The second kappa shape index (κ2) is 8.23. The number of amides is 1. The van der Waals surface area contributed by atoms with Crippen molar-refractivity contribution in [3.63, 3.8) is 0 Å². The summed E-state index contributed by atoms with van der Waals surface area (Å²) in [5, 5.41) is 3.00. The Morgan fingerprint density at radius 2 is 2.10 bits per heavy atom. The zero-order valence-electron chi connectivity index (χ0n) is 12.3. The van der Waals surface area contributed by atoms with Crippen LogP contribution in [0.5, 0.6) is 5.75 Å². The molecule has 0 aliphatic rings. The maximum absolute atomic E-state index is 12.2. The van der Waals surface area contributed by atoms with Crippen LogP contribution in [0.4, 0.5) is 0 Å². The molecule has 0 saturated carbocycles. The third-order valence-corrected chi connectivity index (χ3v) is 3.11. The minimum absolute atomic E-state index is 0.0860. The Morgan fingerprint density at radius 3 is 2.65 bits per heavy atom. The van der Waals surface area contributed by atoms with Gasteiger partial charge in [0.05, 0.1) is 19.2 Å². The van der Waals surface area contributed by atoms with E-state index in [4.69, 9.17) is 10.5 Å². The van der Waals surface area contributed by atoms with Gasteiger partial charge < -0.3 is 15.8 Å². The fourth-order valence-electron chi connectivity index (χ4n) is 1.85. The Bertz CT molecular complexity index is 511. The summed E-state index contributed by atoms with van der Waals surface area (Å²) in [6, 6.07) is 5.43. The van der Waals surface area contributed by atoms with Gasteiger partial charge in [-0.15, -0.1) is 0 Å². The van der Waals surface area contributed by atoms with E-state index in [-0.39, 0.29) is 18.5 Å². The van der Waals surface area contributed by atoms with Gasteiger partial charge >= 0.3 is 0 Å². The third-order valence-electron chi connectivity index (χ3n) is 3.11. The molecule has 4 heteroatoms. The van der Waals surface area contributed by atoms with E-state index in [9.17, 15) is 4.79 Å². The fraction of sp³-hybridized carbons (Fsp3) is 0.438. The molecule has 20 heavy (non-hydrogen) atoms. The smallest absolute Gasteiger partial charge is 0.251 e. The van der Waals surface area contributed by atoms with Crippen molar-refractivity contribution in [2.45, 2.75) is 32.7 Å². The minimum atomic E-state index is -0.0860. The molecule has 0 atom stereocenters. The molecule has 0 unspecified atom stereocenters. The van der Waals surface area contributed by atoms with Gasteiger partial charge in [-0.1, -0.05) is 25.7 Å². The molecule has 1 aromatic carbocycles. The van der Waals surface area contributed by atoms with Crippen LogP contribution in [-0.2, 0) is 0 Å². The summed E-state index contributed by atoms with van der Waals surface area (Å²) in [5.74, 6) is 6.25. The van der Waals surface area contributed by atoms with E-state index in [1.54, 1.807) is 25.3 Å². The average Bonchev–Trinajstić information content (AvgIpc) is 2.49. The number of benzene rings is 1. The highest BCUT2D eigenvalue weighted by molar-refractivity contribution is 5.95. The van der Waals surface area contributed by atoms with Crippen molar-refractivity contribution in [1.29, 1.82) is 0 Å². The summed E-state index contributed by atoms with van der Waals surface area (Å²) in [6.45, 7) is 4.38. The summed E-state index contributed by atoms with van der Waals surface area (Å²) in [6.07, 6.45) is 1.83. The second-order valence-electron chi connectivity index (χ2n) is 4.41. The third kappa shape index (κ3) is 4.29. The van der Waals surface area contributed by atoms with Crippen molar-refractivity contribution in [3.8, 4) is 17.6 Å². The number of ether oxygens (including phenoxy) is 1. The van der Waals surface area contributed by atoms with Crippen LogP contribution in [0, 0.1) is 11.8 Å². The molecule has 0 saturated heterocycles. The average molecular weight is 274 g/mol. The van der Waals surface area contributed by atoms with E-state index in [2.05, 4.69) is 31.0 Å². The SMILES string of the molecule is CCC(CC)NC(=O)c1ccc(OC)c(C#CCN)c1. The van der Waals surface area contributed by atoms with Gasteiger partial charge in [-0.2, -0.15) is 0 Å². The lowest BCUT2D eigenvalue weighted by Crippen LogP contribution is -2.33. The monoisotopic (exact) mass is 274 g/mol. The maximum Gasteiger partial charge on any atom is 0.251 e. The highest BCUT2D eigenvalue weighted by Gasteiger charge is 2.12. The van der Waals surface area contributed by atoms with Gasteiger partial charge in [-0.25, -0.2) is 0 Å². The molecule has 1 amide bonds. The van der Waals surface area contributed by atoms with Crippen molar-refractivity contribution >= 4 is 5.91 Å². The first-order chi connectivity index (χ1) is 9.65. The zero-order chi connectivity index (χ0) is 15.0. The Labute approximate surface area is 120 Å². The van der Waals surface area contributed by atoms with Gasteiger partial charge in [0, 0.05) is 11.6 Å². The number of hydrogen-bond acceptors (Lipinski definition) is 3. The lowest BCUT2D eigenvalue weighted by atomic mass is 10.1. The van der Waals surface area contributed by atoms with Crippen molar-refractivity contribution in [3.05, 3.63) is 29.3 Å². The van der Waals surface area contributed by atoms with Gasteiger partial charge in [0.2, 0.25) is 0 Å². The molecule has 0 fully saturated rings. The molecule has 0 aromatic heterocycles. The highest BCUT2D eigenvalue weighted by Crippen LogP contribution is 2.19. The molecule has 0 aliphatic heterocycles. The predicted octanol–water partition coefficient (Wildman–Crippen LogP) is 1.92. The molecule has 108 valence electrons. The van der Waals surface area contributed by atoms with Crippen LogP contribution in [0.15, 0.2) is 18.2 Å². The van der Waals surface area contributed by atoms with Crippen LogP contribution in [-0.4, -0.2) is 25.6 Å². The van der Waals surface area contributed by atoms with E-state index in [0.29, 0.717) is 16.9 Å². The van der Waals surface area contributed by atoms with Gasteiger partial charge in [-0.05, 0) is 31.0 Å². The first kappa shape index (κ1) is 16.1. The Morgan fingerprint density at radius 1 is 1.40 bits per heavy atom. The number of nitrogens with one attached hydrogen (secondary N) is 1. The summed E-state index contributed by atoms with van der Waals surface area (Å²) < 4.78 is 5.23. The Hall–Kier alpha value is -1.99. The summed E-state index contributed by atoms with van der Waals surface area (Å²) in [7, 11) is 1.58. The molecule has 4 nitrogen and oxygen atoms in total. The van der Waals surface area contributed by atoms with Crippen LogP contribution >= 0.6 is 0 Å². The van der Waals surface area contributed by atoms with Crippen molar-refractivity contribution in [2.75, 3.05) is 13.7 Å². The van der Waals surface area contributed by atoms with Crippen molar-refractivity contribution < 1.29 is 9.53 Å². The van der Waals surface area contributed by atoms with E-state index in [1.807, 2.05) is 0 Å². The van der Waals surface area contributed by atoms with Crippen LogP contribution in [0.1, 0.15) is 42.6 Å². The Kier molecular flexibility index (Phi) is 6.61. The number of hydrogen-bond donors (Lipinski definition) is 2. The van der Waals surface area contributed by atoms with E-state index in [1.165, 1.54) is 0 Å². The lowest BCUT2D eigenvalue weighted by molar-refractivity contribution is 0.0935. The molecule has 1 rings (SSSR count). The number of rotatable bonds is 5. The topological polar surface area (TPSA) is 64.3 Å². The standard InChI is InChI=1S/C16H22N2O2/c1-4-14(5-2)18-16(19)13-8-9-15(20-3)12(11-13)7-6-10-17/h8-9,11,14H,4-5,10,17H2,1-3H3,(H,18,19). The molecule has 0 heterocycles. The fourth-order valence-corrected chi connectivity index (χ4v) is 1.85. The molecule has 0 bridgehead atoms. The van der Waals surface area contributed by atoms with E-state index < -0.39 is 0 Å². The second-order valence-corrected chi connectivity index (χ2v) is 4.41. The predicted molar refractivity (Wildman–Crippen MR) is 80.8 cm³/mol. The number of carbonyl (C=O) groups is 1. The van der Waals surface area contributed by atoms with Crippen LogP contribution in [0.25, 0.3) is 0 Å². The molecule has 0 radical (unpaired) electrons. The number of methoxy groups -OCH3 is 1. The minimum Gasteiger partial charge on any atom is -0.495 e. The van der Waals surface area contributed by atoms with Gasteiger partial charge in [0.1, 0.15) is 5.75 Å².